The van der Waals surface area contributed by atoms with E-state index in [9.17, 15) is 18.4 Å². The van der Waals surface area contributed by atoms with E-state index in [1.807, 2.05) is 19.1 Å². The van der Waals surface area contributed by atoms with Crippen molar-refractivity contribution in [3.8, 4) is 5.75 Å². The van der Waals surface area contributed by atoms with Crippen molar-refractivity contribution in [1.82, 2.24) is 10.3 Å². The van der Waals surface area contributed by atoms with Gasteiger partial charge in [-0.3, -0.25) is 4.79 Å². The largest absolute Gasteiger partial charge is 0.487 e. The Morgan fingerprint density at radius 3 is 2.82 bits per heavy atom. The fourth-order valence-electron chi connectivity index (χ4n) is 3.96. The summed E-state index contributed by atoms with van der Waals surface area (Å²) in [7, 11) is 0. The number of ether oxygens (including phenoxy) is 1. The highest BCUT2D eigenvalue weighted by atomic mass is 35.5. The summed E-state index contributed by atoms with van der Waals surface area (Å²) in [6.45, 7) is 5.74. The lowest BCUT2D eigenvalue weighted by Gasteiger charge is -2.11. The first-order valence-electron chi connectivity index (χ1n) is 10.5. The van der Waals surface area contributed by atoms with Crippen molar-refractivity contribution >= 4 is 39.4 Å². The van der Waals surface area contributed by atoms with Crippen molar-refractivity contribution < 1.29 is 22.7 Å². The van der Waals surface area contributed by atoms with Crippen molar-refractivity contribution in [2.75, 3.05) is 6.54 Å². The number of aromatic amines is 1. The van der Waals surface area contributed by atoms with E-state index in [1.54, 1.807) is 18.2 Å². The van der Waals surface area contributed by atoms with Gasteiger partial charge in [0.2, 0.25) is 0 Å². The van der Waals surface area contributed by atoms with Crippen molar-refractivity contribution in [1.29, 1.82) is 0 Å². The van der Waals surface area contributed by atoms with Gasteiger partial charge in [0.25, 0.3) is 5.91 Å². The number of H-pyrrole nitrogens is 1. The summed E-state index contributed by atoms with van der Waals surface area (Å²) >= 11 is 4.87. The topological polar surface area (TPSA) is 84.3 Å². The Kier molecular flexibility index (Phi) is 6.43. The zero-order valence-electron chi connectivity index (χ0n) is 18.2. The molecule has 176 valence electrons. The lowest BCUT2D eigenvalue weighted by Crippen LogP contribution is -2.30. The van der Waals surface area contributed by atoms with Crippen molar-refractivity contribution in [2.24, 2.45) is 0 Å². The number of halogens is 3. The van der Waals surface area contributed by atoms with E-state index >= 15 is 0 Å². The predicted molar refractivity (Wildman–Crippen MR) is 127 cm³/mol. The second-order valence-corrected chi connectivity index (χ2v) is 8.21. The van der Waals surface area contributed by atoms with E-state index in [0.29, 0.717) is 29.2 Å². The molecule has 4 aromatic rings. The molecule has 0 saturated heterocycles. The maximum Gasteiger partial charge on any atom is 0.487 e. The maximum absolute atomic E-state index is 13.0. The van der Waals surface area contributed by atoms with Gasteiger partial charge < -0.3 is 19.5 Å². The Hall–Kier alpha value is -3.65. The number of rotatable bonds is 8. The van der Waals surface area contributed by atoms with E-state index in [2.05, 4.69) is 21.6 Å². The summed E-state index contributed by atoms with van der Waals surface area (Å²) in [4.78, 5) is 28.3. The van der Waals surface area contributed by atoms with Gasteiger partial charge in [0, 0.05) is 40.1 Å². The Morgan fingerprint density at radius 1 is 1.29 bits per heavy atom. The number of allylic oxidation sites excluding steroid dienone is 1. The molecule has 2 heterocycles. The maximum atomic E-state index is 13.0. The second kappa shape index (κ2) is 9.30. The number of aryl methyl sites for hydroxylation is 1. The number of nitrogens with one attached hydrogen (secondary N) is 2. The molecular weight excluding hydrogens is 466 g/mol. The summed E-state index contributed by atoms with van der Waals surface area (Å²) in [5.74, 6) is -0.644. The van der Waals surface area contributed by atoms with Crippen molar-refractivity contribution in [3.63, 3.8) is 0 Å². The molecule has 2 aromatic heterocycles. The van der Waals surface area contributed by atoms with Crippen LogP contribution in [0.2, 0.25) is 0 Å². The Morgan fingerprint density at radius 2 is 2.09 bits per heavy atom. The quantitative estimate of drug-likeness (QED) is 0.197. The van der Waals surface area contributed by atoms with Gasteiger partial charge in [0.05, 0.1) is 0 Å². The highest BCUT2D eigenvalue weighted by Crippen LogP contribution is 2.30. The number of amides is 1. The third-order valence-corrected chi connectivity index (χ3v) is 5.51. The summed E-state index contributed by atoms with van der Waals surface area (Å²) in [5, 5.41) is 4.04. The first kappa shape index (κ1) is 23.5. The molecule has 0 spiro atoms. The fourth-order valence-corrected chi connectivity index (χ4v) is 4.05. The molecule has 0 aliphatic carbocycles. The molecule has 4 rings (SSSR count). The fraction of sp³-hybridized carbons (Fsp3) is 0.200. The van der Waals surface area contributed by atoms with E-state index in [4.69, 9.17) is 16.0 Å². The van der Waals surface area contributed by atoms with Crippen LogP contribution >= 0.6 is 11.6 Å². The minimum Gasteiger partial charge on any atom is -0.422 e. The van der Waals surface area contributed by atoms with Gasteiger partial charge in [-0.2, -0.15) is 0 Å². The first-order chi connectivity index (χ1) is 16.2. The summed E-state index contributed by atoms with van der Waals surface area (Å²) in [5.41, 5.74) is -1.04. The molecule has 0 saturated carbocycles. The number of aromatic nitrogens is 1. The van der Waals surface area contributed by atoms with Crippen LogP contribution in [0.15, 0.2) is 64.3 Å². The predicted octanol–water partition coefficient (Wildman–Crippen LogP) is 5.45. The smallest absolute Gasteiger partial charge is 0.422 e. The van der Waals surface area contributed by atoms with Crippen LogP contribution < -0.4 is 15.7 Å². The van der Waals surface area contributed by atoms with Gasteiger partial charge in [0.15, 0.2) is 0 Å². The summed E-state index contributed by atoms with van der Waals surface area (Å²) in [6, 6.07) is 11.4. The van der Waals surface area contributed by atoms with Crippen LogP contribution in [0.25, 0.3) is 21.9 Å². The van der Waals surface area contributed by atoms with Crippen molar-refractivity contribution in [2.45, 2.75) is 25.3 Å². The van der Waals surface area contributed by atoms with Gasteiger partial charge in [-0.1, -0.05) is 24.3 Å². The molecule has 6 nitrogen and oxygen atoms in total. The molecule has 2 N–H and O–H groups in total. The highest BCUT2D eigenvalue weighted by Gasteiger charge is 2.28. The Labute approximate surface area is 198 Å². The molecule has 1 amide bonds. The lowest BCUT2D eigenvalue weighted by molar-refractivity contribution is -0.0964. The first-order valence-corrected chi connectivity index (χ1v) is 10.9. The Balaban J connectivity index is 1.52. The van der Waals surface area contributed by atoms with Crippen LogP contribution in [0, 0.1) is 6.92 Å². The average Bonchev–Trinajstić information content (AvgIpc) is 3.07. The van der Waals surface area contributed by atoms with Crippen LogP contribution in [-0.4, -0.2) is 23.0 Å². The Bertz CT molecular complexity index is 1450. The monoisotopic (exact) mass is 486 g/mol. The minimum atomic E-state index is -3.82. The lowest BCUT2D eigenvalue weighted by atomic mass is 10.1. The molecule has 2 aromatic carbocycles. The molecule has 0 radical (unpaired) electrons. The molecule has 34 heavy (non-hydrogen) atoms. The van der Waals surface area contributed by atoms with Crippen LogP contribution in [0.1, 0.15) is 27.2 Å². The number of fused-ring (bicyclic) bond motifs is 2. The molecule has 0 unspecified atom stereocenters. The summed E-state index contributed by atoms with van der Waals surface area (Å²) in [6.07, 6.45) is 2.63. The molecule has 9 heteroatoms. The number of benzene rings is 2. The van der Waals surface area contributed by atoms with Crippen LogP contribution in [0.5, 0.6) is 5.75 Å². The standard InChI is InChI=1S/C25H21ClF2N2O4/c1-3-5-15-6-4-7-16-12-20(24(32)33-22(15)16)23(31)29-11-10-18-14(2)30-21-9-8-17(13-19(18)21)34-25(26,27)28/h3-4,6-9,12-13,30H,1,5,10-11H2,2H3,(H,29,31). The van der Waals surface area contributed by atoms with Crippen LogP contribution in [0.4, 0.5) is 8.78 Å². The number of alkyl halides is 3. The molecule has 0 fully saturated rings. The molecular formula is C25H21ClF2N2O4. The van der Waals surface area contributed by atoms with Crippen LogP contribution in [-0.2, 0) is 12.8 Å². The highest BCUT2D eigenvalue weighted by molar-refractivity contribution is 6.20. The van der Waals surface area contributed by atoms with Gasteiger partial charge in [-0.25, -0.2) is 4.79 Å². The average molecular weight is 487 g/mol. The zero-order valence-corrected chi connectivity index (χ0v) is 19.0. The third-order valence-electron chi connectivity index (χ3n) is 5.44. The van der Waals surface area contributed by atoms with Gasteiger partial charge in [-0.05, 0) is 55.2 Å². The molecule has 0 bridgehead atoms. The zero-order chi connectivity index (χ0) is 24.5. The number of hydrogen-bond donors (Lipinski definition) is 2. The van der Waals surface area contributed by atoms with E-state index in [1.165, 1.54) is 18.2 Å². The van der Waals surface area contributed by atoms with Gasteiger partial charge in [0.1, 0.15) is 16.9 Å². The third kappa shape index (κ3) is 4.97. The van der Waals surface area contributed by atoms with E-state index in [-0.39, 0.29) is 17.9 Å². The number of para-hydroxylation sites is 1. The van der Waals surface area contributed by atoms with Crippen LogP contribution in [0.3, 0.4) is 0 Å². The second-order valence-electron chi connectivity index (χ2n) is 7.77. The SMILES string of the molecule is C=CCc1cccc2cc(C(=O)NCCc3c(C)[nH]c4ccc(OC(F)(F)Cl)cc34)c(=O)oc12. The van der Waals surface area contributed by atoms with Gasteiger partial charge >= 0.3 is 11.2 Å². The summed E-state index contributed by atoms with van der Waals surface area (Å²) < 4.78 is 35.9. The van der Waals surface area contributed by atoms with Crippen molar-refractivity contribution in [3.05, 3.63) is 87.9 Å². The van der Waals surface area contributed by atoms with Gasteiger partial charge in [-0.15, -0.1) is 15.4 Å². The minimum absolute atomic E-state index is 0.0821. The number of hydrogen-bond acceptors (Lipinski definition) is 4. The number of carbonyl (C=O) groups is 1. The van der Waals surface area contributed by atoms with E-state index < -0.39 is 17.1 Å². The molecule has 0 aliphatic heterocycles. The number of carbonyl (C=O) groups excluding carboxylic acids is 1. The van der Waals surface area contributed by atoms with E-state index in [0.717, 1.165) is 22.3 Å². The molecule has 0 aliphatic rings. The normalized spacial score (nSPS) is 11.6. The molecule has 0 atom stereocenters.